The third-order valence-corrected chi connectivity index (χ3v) is 1.94. The van der Waals surface area contributed by atoms with Crippen LogP contribution in [0.25, 0.3) is 0 Å². The van der Waals surface area contributed by atoms with Gasteiger partial charge in [-0.05, 0) is 19.1 Å². The van der Waals surface area contributed by atoms with Gasteiger partial charge in [-0.1, -0.05) is 13.0 Å². The highest BCUT2D eigenvalue weighted by Crippen LogP contribution is 2.13. The van der Waals surface area contributed by atoms with Crippen LogP contribution in [-0.2, 0) is 0 Å². The monoisotopic (exact) mass is 150 g/mol. The summed E-state index contributed by atoms with van der Waals surface area (Å²) >= 11 is 0. The van der Waals surface area contributed by atoms with Crippen molar-refractivity contribution >= 4 is 0 Å². The molecule has 0 spiro atoms. The Bertz CT molecular complexity index is 206. The molecule has 2 heteroatoms. The van der Waals surface area contributed by atoms with Crippen molar-refractivity contribution in [3.8, 4) is 0 Å². The topological polar surface area (TPSA) is 38.9 Å². The molecule has 1 aromatic heterocycles. The summed E-state index contributed by atoms with van der Waals surface area (Å²) in [6.07, 6.45) is 1.80. The highest BCUT2D eigenvalue weighted by atomic mass is 14.7. The lowest BCUT2D eigenvalue weighted by Gasteiger charge is -2.13. The molecule has 0 fully saturated rings. The van der Waals surface area contributed by atoms with Gasteiger partial charge in [0.25, 0.3) is 0 Å². The standard InChI is InChI=1S/C9H14N2/c1-7(8(2)10)9-5-3-4-6-11-9/h3-8H,10H2,1-2H3/t7-,8?/m1/s1. The molecule has 1 rings (SSSR count). The Morgan fingerprint density at radius 2 is 2.09 bits per heavy atom. The molecule has 0 aromatic carbocycles. The van der Waals surface area contributed by atoms with E-state index in [1.165, 1.54) is 0 Å². The second kappa shape index (κ2) is 3.49. The second-order valence-corrected chi connectivity index (χ2v) is 2.90. The maximum absolute atomic E-state index is 5.73. The lowest BCUT2D eigenvalue weighted by atomic mass is 10.0. The third kappa shape index (κ3) is 2.02. The summed E-state index contributed by atoms with van der Waals surface area (Å²) in [5, 5.41) is 0. The Hall–Kier alpha value is -0.890. The van der Waals surface area contributed by atoms with Crippen molar-refractivity contribution in [2.24, 2.45) is 5.73 Å². The maximum Gasteiger partial charge on any atom is 0.0447 e. The van der Waals surface area contributed by atoms with Gasteiger partial charge in [0.15, 0.2) is 0 Å². The molecule has 0 aliphatic heterocycles. The van der Waals surface area contributed by atoms with Crippen LogP contribution in [0.4, 0.5) is 0 Å². The Kier molecular flexibility index (Phi) is 2.60. The number of hydrogen-bond donors (Lipinski definition) is 1. The third-order valence-electron chi connectivity index (χ3n) is 1.94. The van der Waals surface area contributed by atoms with Gasteiger partial charge in [0, 0.05) is 23.9 Å². The van der Waals surface area contributed by atoms with Crippen LogP contribution in [0.15, 0.2) is 24.4 Å². The zero-order valence-electron chi connectivity index (χ0n) is 6.99. The first-order chi connectivity index (χ1) is 5.22. The average molecular weight is 150 g/mol. The molecule has 1 unspecified atom stereocenters. The highest BCUT2D eigenvalue weighted by molar-refractivity contribution is 5.09. The minimum Gasteiger partial charge on any atom is -0.327 e. The number of aromatic nitrogens is 1. The first-order valence-electron chi connectivity index (χ1n) is 3.88. The van der Waals surface area contributed by atoms with E-state index in [4.69, 9.17) is 5.73 Å². The molecule has 0 saturated heterocycles. The van der Waals surface area contributed by atoms with E-state index < -0.39 is 0 Å². The van der Waals surface area contributed by atoms with Crippen LogP contribution in [0.2, 0.25) is 0 Å². The van der Waals surface area contributed by atoms with E-state index in [1.807, 2.05) is 25.1 Å². The minimum absolute atomic E-state index is 0.171. The van der Waals surface area contributed by atoms with Crippen molar-refractivity contribution in [1.29, 1.82) is 0 Å². The normalized spacial score (nSPS) is 15.9. The average Bonchev–Trinajstić information content (AvgIpc) is 2.05. The summed E-state index contributed by atoms with van der Waals surface area (Å²) in [5.41, 5.74) is 6.80. The molecule has 0 amide bonds. The predicted molar refractivity (Wildman–Crippen MR) is 46.3 cm³/mol. The largest absolute Gasteiger partial charge is 0.327 e. The van der Waals surface area contributed by atoms with Gasteiger partial charge < -0.3 is 5.73 Å². The maximum atomic E-state index is 5.73. The van der Waals surface area contributed by atoms with E-state index in [0.717, 1.165) is 5.69 Å². The predicted octanol–water partition coefficient (Wildman–Crippen LogP) is 1.53. The lowest BCUT2D eigenvalue weighted by Crippen LogP contribution is -2.22. The highest BCUT2D eigenvalue weighted by Gasteiger charge is 2.09. The SMILES string of the molecule is CC(N)[C@@H](C)c1ccccn1. The molecular weight excluding hydrogens is 136 g/mol. The van der Waals surface area contributed by atoms with Crippen molar-refractivity contribution in [3.05, 3.63) is 30.1 Å². The fraction of sp³-hybridized carbons (Fsp3) is 0.444. The Labute approximate surface area is 67.5 Å². The van der Waals surface area contributed by atoms with E-state index in [0.29, 0.717) is 5.92 Å². The van der Waals surface area contributed by atoms with E-state index in [1.54, 1.807) is 6.20 Å². The number of rotatable bonds is 2. The zero-order chi connectivity index (χ0) is 8.27. The van der Waals surface area contributed by atoms with Crippen LogP contribution in [0.1, 0.15) is 25.5 Å². The molecule has 0 radical (unpaired) electrons. The van der Waals surface area contributed by atoms with Gasteiger partial charge in [-0.2, -0.15) is 0 Å². The van der Waals surface area contributed by atoms with Crippen LogP contribution >= 0.6 is 0 Å². The van der Waals surface area contributed by atoms with Gasteiger partial charge in [0.05, 0.1) is 0 Å². The Morgan fingerprint density at radius 3 is 2.55 bits per heavy atom. The molecule has 1 aromatic rings. The quantitative estimate of drug-likeness (QED) is 0.694. The van der Waals surface area contributed by atoms with Gasteiger partial charge >= 0.3 is 0 Å². The Balaban J connectivity index is 2.77. The first kappa shape index (κ1) is 8.21. The summed E-state index contributed by atoms with van der Waals surface area (Å²) in [7, 11) is 0. The molecule has 1 heterocycles. The molecule has 0 saturated carbocycles. The smallest absolute Gasteiger partial charge is 0.0447 e. The molecule has 0 bridgehead atoms. The fourth-order valence-electron chi connectivity index (χ4n) is 0.915. The van der Waals surface area contributed by atoms with Crippen molar-refractivity contribution in [2.75, 3.05) is 0 Å². The van der Waals surface area contributed by atoms with Gasteiger partial charge in [-0.15, -0.1) is 0 Å². The van der Waals surface area contributed by atoms with Crippen molar-refractivity contribution in [1.82, 2.24) is 4.98 Å². The molecule has 0 aliphatic rings. The molecule has 2 nitrogen and oxygen atoms in total. The van der Waals surface area contributed by atoms with E-state index in [-0.39, 0.29) is 6.04 Å². The summed E-state index contributed by atoms with van der Waals surface area (Å²) in [4.78, 5) is 4.22. The van der Waals surface area contributed by atoms with Crippen molar-refractivity contribution in [2.45, 2.75) is 25.8 Å². The number of nitrogens with two attached hydrogens (primary N) is 1. The fourth-order valence-corrected chi connectivity index (χ4v) is 0.915. The Morgan fingerprint density at radius 1 is 1.36 bits per heavy atom. The molecular formula is C9H14N2. The summed E-state index contributed by atoms with van der Waals surface area (Å²) in [5.74, 6) is 0.344. The van der Waals surface area contributed by atoms with Crippen LogP contribution in [0.5, 0.6) is 0 Å². The van der Waals surface area contributed by atoms with Gasteiger partial charge in [-0.3, -0.25) is 4.98 Å². The molecule has 11 heavy (non-hydrogen) atoms. The van der Waals surface area contributed by atoms with E-state index in [2.05, 4.69) is 11.9 Å². The van der Waals surface area contributed by atoms with Crippen LogP contribution in [0, 0.1) is 0 Å². The molecule has 0 aliphatic carbocycles. The van der Waals surface area contributed by atoms with E-state index >= 15 is 0 Å². The minimum atomic E-state index is 0.171. The van der Waals surface area contributed by atoms with Gasteiger partial charge in [0.2, 0.25) is 0 Å². The summed E-state index contributed by atoms with van der Waals surface area (Å²) < 4.78 is 0. The van der Waals surface area contributed by atoms with E-state index in [9.17, 15) is 0 Å². The molecule has 2 atom stereocenters. The first-order valence-corrected chi connectivity index (χ1v) is 3.88. The zero-order valence-corrected chi connectivity index (χ0v) is 6.99. The number of pyridine rings is 1. The summed E-state index contributed by atoms with van der Waals surface area (Å²) in [6, 6.07) is 6.08. The molecule has 2 N–H and O–H groups in total. The summed E-state index contributed by atoms with van der Waals surface area (Å²) in [6.45, 7) is 4.09. The van der Waals surface area contributed by atoms with Crippen molar-refractivity contribution < 1.29 is 0 Å². The second-order valence-electron chi connectivity index (χ2n) is 2.90. The van der Waals surface area contributed by atoms with Crippen LogP contribution in [0.3, 0.4) is 0 Å². The van der Waals surface area contributed by atoms with Crippen LogP contribution in [-0.4, -0.2) is 11.0 Å². The lowest BCUT2D eigenvalue weighted by molar-refractivity contribution is 0.598. The van der Waals surface area contributed by atoms with Crippen molar-refractivity contribution in [3.63, 3.8) is 0 Å². The van der Waals surface area contributed by atoms with Crippen LogP contribution < -0.4 is 5.73 Å². The van der Waals surface area contributed by atoms with Gasteiger partial charge in [0.1, 0.15) is 0 Å². The molecule has 60 valence electrons. The number of hydrogen-bond acceptors (Lipinski definition) is 2. The van der Waals surface area contributed by atoms with Gasteiger partial charge in [-0.25, -0.2) is 0 Å². The number of nitrogens with zero attached hydrogens (tertiary/aromatic N) is 1.